The van der Waals surface area contributed by atoms with Gasteiger partial charge < -0.3 is 15.4 Å². The summed E-state index contributed by atoms with van der Waals surface area (Å²) in [7, 11) is 0. The van der Waals surface area contributed by atoms with Gasteiger partial charge in [-0.2, -0.15) is 0 Å². The van der Waals surface area contributed by atoms with Crippen molar-refractivity contribution in [2.24, 2.45) is 0 Å². The van der Waals surface area contributed by atoms with Crippen molar-refractivity contribution in [3.63, 3.8) is 0 Å². The number of rotatable bonds is 4. The maximum Gasteiger partial charge on any atom is 0.249 e. The molecule has 0 spiro atoms. The number of carbonyl (C=O) groups excluding carboxylic acids is 1. The van der Waals surface area contributed by atoms with E-state index in [1.165, 1.54) is 0 Å². The summed E-state index contributed by atoms with van der Waals surface area (Å²) in [5, 5.41) is 6.29. The molecule has 1 atom stereocenters. The minimum Gasteiger partial charge on any atom is -0.368 e. The lowest BCUT2D eigenvalue weighted by Gasteiger charge is -2.27. The molecule has 2 heterocycles. The van der Waals surface area contributed by atoms with Crippen molar-refractivity contribution >= 4 is 5.91 Å². The second-order valence-corrected chi connectivity index (χ2v) is 4.74. The summed E-state index contributed by atoms with van der Waals surface area (Å²) in [4.78, 5) is 14.1. The molecule has 0 aromatic heterocycles. The minimum atomic E-state index is -0.202. The normalized spacial score (nSPS) is 26.7. The third kappa shape index (κ3) is 4.26. The molecule has 2 aliphatic rings. The van der Waals surface area contributed by atoms with E-state index < -0.39 is 0 Å². The van der Waals surface area contributed by atoms with Gasteiger partial charge in [0, 0.05) is 45.9 Å². The molecule has 0 bridgehead atoms. The van der Waals surface area contributed by atoms with Gasteiger partial charge in [-0.3, -0.25) is 9.69 Å². The smallest absolute Gasteiger partial charge is 0.249 e. The molecule has 98 valence electrons. The summed E-state index contributed by atoms with van der Waals surface area (Å²) < 4.78 is 5.45. The number of carbonyl (C=O) groups is 1. The van der Waals surface area contributed by atoms with Gasteiger partial charge >= 0.3 is 0 Å². The van der Waals surface area contributed by atoms with E-state index in [2.05, 4.69) is 15.5 Å². The van der Waals surface area contributed by atoms with Crippen molar-refractivity contribution in [2.75, 3.05) is 45.9 Å². The van der Waals surface area contributed by atoms with E-state index in [1.54, 1.807) is 0 Å². The fourth-order valence-electron chi connectivity index (χ4n) is 2.33. The van der Waals surface area contributed by atoms with Crippen molar-refractivity contribution < 1.29 is 9.53 Å². The fraction of sp³-hybridized carbons (Fsp3) is 0.917. The van der Waals surface area contributed by atoms with Crippen molar-refractivity contribution in [1.82, 2.24) is 15.5 Å². The average molecular weight is 241 g/mol. The van der Waals surface area contributed by atoms with Gasteiger partial charge in [0.2, 0.25) is 5.91 Å². The second-order valence-electron chi connectivity index (χ2n) is 4.74. The first-order valence-corrected chi connectivity index (χ1v) is 6.68. The molecule has 2 fully saturated rings. The maximum absolute atomic E-state index is 11.8. The topological polar surface area (TPSA) is 53.6 Å². The van der Waals surface area contributed by atoms with Gasteiger partial charge in [0.1, 0.15) is 6.10 Å². The van der Waals surface area contributed by atoms with Crippen LogP contribution in [0.3, 0.4) is 0 Å². The number of piperazine rings is 1. The number of ether oxygens (including phenoxy) is 1. The minimum absolute atomic E-state index is 0.0693. The number of nitrogens with one attached hydrogen (secondary N) is 2. The van der Waals surface area contributed by atoms with Gasteiger partial charge in [-0.05, 0) is 19.3 Å². The predicted molar refractivity (Wildman–Crippen MR) is 65.9 cm³/mol. The summed E-state index contributed by atoms with van der Waals surface area (Å²) in [5.41, 5.74) is 0. The van der Waals surface area contributed by atoms with Crippen LogP contribution < -0.4 is 10.6 Å². The molecule has 17 heavy (non-hydrogen) atoms. The highest BCUT2D eigenvalue weighted by molar-refractivity contribution is 5.80. The molecular weight excluding hydrogens is 218 g/mol. The number of nitrogens with zero attached hydrogens (tertiary/aromatic N) is 1. The van der Waals surface area contributed by atoms with Gasteiger partial charge in [-0.1, -0.05) is 0 Å². The zero-order chi connectivity index (χ0) is 11.9. The summed E-state index contributed by atoms with van der Waals surface area (Å²) in [6.45, 7) is 6.68. The first-order valence-electron chi connectivity index (χ1n) is 6.68. The van der Waals surface area contributed by atoms with Crippen LogP contribution in [0.25, 0.3) is 0 Å². The van der Waals surface area contributed by atoms with Crippen LogP contribution in [0.4, 0.5) is 0 Å². The first-order chi connectivity index (χ1) is 8.36. The lowest BCUT2D eigenvalue weighted by atomic mass is 10.1. The quantitative estimate of drug-likeness (QED) is 0.702. The Kier molecular flexibility index (Phi) is 5.22. The van der Waals surface area contributed by atoms with Gasteiger partial charge in [-0.25, -0.2) is 0 Å². The standard InChI is InChI=1S/C12H23N3O2/c16-12(11-3-1-2-10-17-11)14-6-9-15-7-4-13-5-8-15/h11,13H,1-10H2,(H,14,16). The zero-order valence-electron chi connectivity index (χ0n) is 10.4. The maximum atomic E-state index is 11.8. The van der Waals surface area contributed by atoms with Gasteiger partial charge in [-0.15, -0.1) is 0 Å². The number of hydrogen-bond donors (Lipinski definition) is 2. The Bertz CT molecular complexity index is 236. The van der Waals surface area contributed by atoms with Crippen LogP contribution in [0.15, 0.2) is 0 Å². The lowest BCUT2D eigenvalue weighted by Crippen LogP contribution is -2.47. The Morgan fingerprint density at radius 1 is 1.35 bits per heavy atom. The number of hydrogen-bond acceptors (Lipinski definition) is 4. The van der Waals surface area contributed by atoms with Crippen LogP contribution in [-0.2, 0) is 9.53 Å². The van der Waals surface area contributed by atoms with Gasteiger partial charge in [0.05, 0.1) is 0 Å². The Labute approximate surface area is 103 Å². The van der Waals surface area contributed by atoms with E-state index in [0.29, 0.717) is 0 Å². The highest BCUT2D eigenvalue weighted by Gasteiger charge is 2.21. The monoisotopic (exact) mass is 241 g/mol. The predicted octanol–water partition coefficient (Wildman–Crippen LogP) is -0.423. The average Bonchev–Trinajstić information content (AvgIpc) is 2.41. The molecular formula is C12H23N3O2. The first kappa shape index (κ1) is 12.8. The molecule has 2 aliphatic heterocycles. The molecule has 0 aromatic carbocycles. The molecule has 2 N–H and O–H groups in total. The molecule has 5 nitrogen and oxygen atoms in total. The largest absolute Gasteiger partial charge is 0.368 e. The Hall–Kier alpha value is -0.650. The highest BCUT2D eigenvalue weighted by atomic mass is 16.5. The second kappa shape index (κ2) is 6.93. The van der Waals surface area contributed by atoms with Crippen LogP contribution in [0.2, 0.25) is 0 Å². The van der Waals surface area contributed by atoms with Crippen molar-refractivity contribution in [2.45, 2.75) is 25.4 Å². The van der Waals surface area contributed by atoms with Crippen LogP contribution in [-0.4, -0.2) is 62.8 Å². The fourth-order valence-corrected chi connectivity index (χ4v) is 2.33. The van der Waals surface area contributed by atoms with Crippen LogP contribution in [0.1, 0.15) is 19.3 Å². The third-order valence-corrected chi connectivity index (χ3v) is 3.41. The van der Waals surface area contributed by atoms with E-state index in [1.807, 2.05) is 0 Å². The van der Waals surface area contributed by atoms with E-state index in [4.69, 9.17) is 4.74 Å². The van der Waals surface area contributed by atoms with Crippen molar-refractivity contribution in [1.29, 1.82) is 0 Å². The van der Waals surface area contributed by atoms with Crippen molar-refractivity contribution in [3.8, 4) is 0 Å². The van der Waals surface area contributed by atoms with Crippen LogP contribution in [0.5, 0.6) is 0 Å². The summed E-state index contributed by atoms with van der Waals surface area (Å²) in [6.07, 6.45) is 2.87. The van der Waals surface area contributed by atoms with Gasteiger partial charge in [0.25, 0.3) is 0 Å². The molecule has 1 unspecified atom stereocenters. The number of amides is 1. The Balaban J connectivity index is 1.58. The van der Waals surface area contributed by atoms with E-state index >= 15 is 0 Å². The third-order valence-electron chi connectivity index (χ3n) is 3.41. The zero-order valence-corrected chi connectivity index (χ0v) is 10.4. The van der Waals surface area contributed by atoms with E-state index in [0.717, 1.165) is 65.1 Å². The highest BCUT2D eigenvalue weighted by Crippen LogP contribution is 2.12. The Morgan fingerprint density at radius 2 is 2.18 bits per heavy atom. The van der Waals surface area contributed by atoms with Crippen molar-refractivity contribution in [3.05, 3.63) is 0 Å². The van der Waals surface area contributed by atoms with Crippen LogP contribution in [0, 0.1) is 0 Å². The van der Waals surface area contributed by atoms with E-state index in [-0.39, 0.29) is 12.0 Å². The molecule has 2 rings (SSSR count). The molecule has 0 radical (unpaired) electrons. The molecule has 2 saturated heterocycles. The SMILES string of the molecule is O=C(NCCN1CCNCC1)C1CCCCO1. The summed E-state index contributed by atoms with van der Waals surface area (Å²) in [5.74, 6) is 0.0693. The molecule has 0 aliphatic carbocycles. The summed E-state index contributed by atoms with van der Waals surface area (Å²) in [6, 6.07) is 0. The van der Waals surface area contributed by atoms with E-state index in [9.17, 15) is 4.79 Å². The lowest BCUT2D eigenvalue weighted by molar-refractivity contribution is -0.135. The molecule has 5 heteroatoms. The van der Waals surface area contributed by atoms with Crippen LogP contribution >= 0.6 is 0 Å². The van der Waals surface area contributed by atoms with Gasteiger partial charge in [0.15, 0.2) is 0 Å². The Morgan fingerprint density at radius 3 is 2.88 bits per heavy atom. The molecule has 0 saturated carbocycles. The molecule has 0 aromatic rings. The molecule has 1 amide bonds. The summed E-state index contributed by atoms with van der Waals surface area (Å²) >= 11 is 0.